The normalized spacial score (nSPS) is 22.6. The number of rotatable bonds is 6. The van der Waals surface area contributed by atoms with Crippen molar-refractivity contribution in [2.75, 3.05) is 23.7 Å². The first kappa shape index (κ1) is 15.0. The molecule has 1 saturated carbocycles. The molecule has 1 aromatic heterocycles. The van der Waals surface area contributed by atoms with Crippen LogP contribution in [-0.2, 0) is 6.42 Å². The lowest BCUT2D eigenvalue weighted by atomic mass is 9.87. The van der Waals surface area contributed by atoms with E-state index in [0.29, 0.717) is 5.92 Å². The minimum atomic E-state index is -0.0862. The van der Waals surface area contributed by atoms with Crippen molar-refractivity contribution in [3.05, 3.63) is 11.9 Å². The Morgan fingerprint density at radius 2 is 1.75 bits per heavy atom. The molecule has 0 atom stereocenters. The zero-order chi connectivity index (χ0) is 14.4. The lowest BCUT2D eigenvalue weighted by Crippen LogP contribution is -2.24. The van der Waals surface area contributed by atoms with Crippen LogP contribution in [0.4, 0.5) is 11.6 Å². The van der Waals surface area contributed by atoms with E-state index in [1.54, 1.807) is 6.33 Å². The minimum absolute atomic E-state index is 0.0862. The highest BCUT2D eigenvalue weighted by molar-refractivity contribution is 5.57. The molecule has 1 heterocycles. The summed E-state index contributed by atoms with van der Waals surface area (Å²) in [6, 6.07) is 0. The summed E-state index contributed by atoms with van der Waals surface area (Å²) in [5, 5.41) is 16.3. The maximum atomic E-state index is 9.54. The average Bonchev–Trinajstić information content (AvgIpc) is 2.47. The van der Waals surface area contributed by atoms with Gasteiger partial charge < -0.3 is 15.7 Å². The fourth-order valence-corrected chi connectivity index (χ4v) is 2.81. The molecule has 0 radical (unpaired) electrons. The predicted octanol–water partition coefficient (Wildman–Crippen LogP) is 2.43. The molecule has 5 nitrogen and oxygen atoms in total. The molecule has 5 heteroatoms. The Morgan fingerprint density at radius 3 is 2.35 bits per heavy atom. The summed E-state index contributed by atoms with van der Waals surface area (Å²) in [6.07, 6.45) is 6.50. The smallest absolute Gasteiger partial charge is 0.134 e. The molecule has 0 bridgehead atoms. The molecule has 1 aromatic rings. The van der Waals surface area contributed by atoms with Crippen LogP contribution < -0.4 is 10.6 Å². The molecule has 0 amide bonds. The highest BCUT2D eigenvalue weighted by atomic mass is 16.3. The van der Waals surface area contributed by atoms with Crippen LogP contribution in [-0.4, -0.2) is 34.3 Å². The molecule has 1 aliphatic carbocycles. The summed E-state index contributed by atoms with van der Waals surface area (Å²) >= 11 is 0. The number of nitrogens with one attached hydrogen (secondary N) is 2. The van der Waals surface area contributed by atoms with Gasteiger partial charge in [-0.1, -0.05) is 6.92 Å². The van der Waals surface area contributed by atoms with Gasteiger partial charge in [-0.2, -0.15) is 0 Å². The number of aliphatic hydroxyl groups excluding tert-OH is 1. The van der Waals surface area contributed by atoms with Crippen molar-refractivity contribution in [1.82, 2.24) is 9.97 Å². The van der Waals surface area contributed by atoms with E-state index < -0.39 is 0 Å². The first-order valence-electron chi connectivity index (χ1n) is 7.74. The number of hydrogen-bond acceptors (Lipinski definition) is 5. The van der Waals surface area contributed by atoms with Gasteiger partial charge in [0, 0.05) is 18.7 Å². The van der Waals surface area contributed by atoms with Crippen molar-refractivity contribution in [3.8, 4) is 0 Å². The Morgan fingerprint density at radius 1 is 1.10 bits per heavy atom. The number of nitrogens with zero attached hydrogens (tertiary/aromatic N) is 2. The largest absolute Gasteiger partial charge is 0.393 e. The maximum absolute atomic E-state index is 9.54. The molecule has 0 unspecified atom stereocenters. The summed E-state index contributed by atoms with van der Waals surface area (Å²) in [4.78, 5) is 8.69. The molecular formula is C15H26N4O. The Balaban J connectivity index is 1.96. The van der Waals surface area contributed by atoms with Crippen LogP contribution in [0.3, 0.4) is 0 Å². The second-order valence-corrected chi connectivity index (χ2v) is 5.49. The van der Waals surface area contributed by atoms with Crippen molar-refractivity contribution in [2.24, 2.45) is 5.92 Å². The lowest BCUT2D eigenvalue weighted by molar-refractivity contribution is 0.111. The van der Waals surface area contributed by atoms with Crippen molar-refractivity contribution < 1.29 is 5.11 Å². The summed E-state index contributed by atoms with van der Waals surface area (Å²) < 4.78 is 0. The Bertz CT molecular complexity index is 416. The highest BCUT2D eigenvalue weighted by Gasteiger charge is 2.19. The average molecular weight is 278 g/mol. The Labute approximate surface area is 121 Å². The first-order chi connectivity index (χ1) is 9.74. The van der Waals surface area contributed by atoms with Crippen molar-refractivity contribution in [1.29, 1.82) is 0 Å². The monoisotopic (exact) mass is 278 g/mol. The second-order valence-electron chi connectivity index (χ2n) is 5.49. The van der Waals surface area contributed by atoms with Gasteiger partial charge in [0.05, 0.1) is 6.10 Å². The molecular weight excluding hydrogens is 252 g/mol. The van der Waals surface area contributed by atoms with Gasteiger partial charge in [0.15, 0.2) is 0 Å². The Hall–Kier alpha value is -1.36. The highest BCUT2D eigenvalue weighted by Crippen LogP contribution is 2.26. The molecule has 1 fully saturated rings. The van der Waals surface area contributed by atoms with Gasteiger partial charge in [0.1, 0.15) is 18.0 Å². The zero-order valence-electron chi connectivity index (χ0n) is 12.5. The molecule has 112 valence electrons. The second kappa shape index (κ2) is 7.43. The molecule has 0 aromatic carbocycles. The molecule has 1 aliphatic rings. The quantitative estimate of drug-likeness (QED) is 0.745. The summed E-state index contributed by atoms with van der Waals surface area (Å²) in [7, 11) is 0. The molecule has 3 N–H and O–H groups in total. The first-order valence-corrected chi connectivity index (χ1v) is 7.74. The van der Waals surface area contributed by atoms with E-state index in [2.05, 4.69) is 34.4 Å². The number of anilines is 2. The van der Waals surface area contributed by atoms with E-state index in [9.17, 15) is 5.11 Å². The maximum Gasteiger partial charge on any atom is 0.134 e. The van der Waals surface area contributed by atoms with Crippen LogP contribution in [0.25, 0.3) is 0 Å². The van der Waals surface area contributed by atoms with E-state index in [1.165, 1.54) is 0 Å². The van der Waals surface area contributed by atoms with Crippen molar-refractivity contribution >= 4 is 11.6 Å². The van der Waals surface area contributed by atoms with Gasteiger partial charge in [-0.05, 0) is 44.9 Å². The molecule has 0 saturated heterocycles. The van der Waals surface area contributed by atoms with E-state index in [1.807, 2.05) is 0 Å². The van der Waals surface area contributed by atoms with Gasteiger partial charge in [-0.3, -0.25) is 0 Å². The van der Waals surface area contributed by atoms with Crippen LogP contribution >= 0.6 is 0 Å². The third-order valence-electron chi connectivity index (χ3n) is 4.02. The van der Waals surface area contributed by atoms with Crippen LogP contribution in [0, 0.1) is 5.92 Å². The van der Waals surface area contributed by atoms with Crippen LogP contribution in [0.5, 0.6) is 0 Å². The van der Waals surface area contributed by atoms with E-state index in [0.717, 1.165) is 62.4 Å². The van der Waals surface area contributed by atoms with Gasteiger partial charge in [0.2, 0.25) is 0 Å². The molecule has 2 rings (SSSR count). The molecule has 20 heavy (non-hydrogen) atoms. The number of aliphatic hydroxyl groups is 1. The topological polar surface area (TPSA) is 70.1 Å². The standard InChI is InChI=1S/C15H26N4O/c1-3-13-14(16-4-2)18-10-19-15(13)17-9-11-5-7-12(20)8-6-11/h10-12,20H,3-9H2,1-2H3,(H2,16,17,18,19). The molecule has 0 spiro atoms. The predicted molar refractivity (Wildman–Crippen MR) is 82.0 cm³/mol. The van der Waals surface area contributed by atoms with Gasteiger partial charge in [-0.15, -0.1) is 0 Å². The van der Waals surface area contributed by atoms with E-state index in [-0.39, 0.29) is 6.10 Å². The van der Waals surface area contributed by atoms with Gasteiger partial charge in [-0.25, -0.2) is 9.97 Å². The summed E-state index contributed by atoms with van der Waals surface area (Å²) in [6.45, 7) is 6.00. The van der Waals surface area contributed by atoms with E-state index in [4.69, 9.17) is 0 Å². The fourth-order valence-electron chi connectivity index (χ4n) is 2.81. The van der Waals surface area contributed by atoms with Crippen LogP contribution in [0.2, 0.25) is 0 Å². The number of aromatic nitrogens is 2. The van der Waals surface area contributed by atoms with Crippen molar-refractivity contribution in [2.45, 2.75) is 52.1 Å². The SMILES string of the molecule is CCNc1ncnc(NCC2CCC(O)CC2)c1CC. The van der Waals surface area contributed by atoms with Crippen LogP contribution in [0.15, 0.2) is 6.33 Å². The summed E-state index contributed by atoms with van der Waals surface area (Å²) in [5.74, 6) is 2.52. The Kier molecular flexibility index (Phi) is 5.59. The minimum Gasteiger partial charge on any atom is -0.393 e. The van der Waals surface area contributed by atoms with E-state index >= 15 is 0 Å². The fraction of sp³-hybridized carbons (Fsp3) is 0.733. The van der Waals surface area contributed by atoms with Gasteiger partial charge >= 0.3 is 0 Å². The molecule has 0 aliphatic heterocycles. The third kappa shape index (κ3) is 3.82. The summed E-state index contributed by atoms with van der Waals surface area (Å²) in [5.41, 5.74) is 1.16. The third-order valence-corrected chi connectivity index (χ3v) is 4.02. The number of hydrogen-bond donors (Lipinski definition) is 3. The van der Waals surface area contributed by atoms with Gasteiger partial charge in [0.25, 0.3) is 0 Å². The van der Waals surface area contributed by atoms with Crippen LogP contribution in [0.1, 0.15) is 45.1 Å². The lowest BCUT2D eigenvalue weighted by Gasteiger charge is -2.26. The zero-order valence-corrected chi connectivity index (χ0v) is 12.5. The van der Waals surface area contributed by atoms with Crippen molar-refractivity contribution in [3.63, 3.8) is 0 Å².